The van der Waals surface area contributed by atoms with Gasteiger partial charge >= 0.3 is 0 Å². The Morgan fingerprint density at radius 2 is 2.11 bits per heavy atom. The van der Waals surface area contributed by atoms with Crippen molar-refractivity contribution >= 4 is 31.9 Å². The molecule has 0 aliphatic rings. The second-order valence-corrected chi connectivity index (χ2v) is 5.39. The third-order valence-electron chi connectivity index (χ3n) is 2.24. The molecule has 2 rings (SSSR count). The summed E-state index contributed by atoms with van der Waals surface area (Å²) < 4.78 is 12.5. The number of nitrogens with zero attached hydrogens (tertiary/aromatic N) is 1. The van der Waals surface area contributed by atoms with Gasteiger partial charge < -0.3 is 14.4 Å². The minimum atomic E-state index is 0.0606. The van der Waals surface area contributed by atoms with Gasteiger partial charge in [0.2, 0.25) is 0 Å². The molecule has 0 aliphatic heterocycles. The summed E-state index contributed by atoms with van der Waals surface area (Å²) in [5.74, 6) is 1.37. The monoisotopic (exact) mass is 375 g/mol. The molecule has 0 aliphatic carbocycles. The molecular formula is C12H11Br2NO3. The van der Waals surface area contributed by atoms with Gasteiger partial charge in [-0.3, -0.25) is 0 Å². The Morgan fingerprint density at radius 3 is 2.83 bits per heavy atom. The molecule has 1 aromatic carbocycles. The van der Waals surface area contributed by atoms with Crippen LogP contribution in [0.25, 0.3) is 0 Å². The number of hydrogen-bond acceptors (Lipinski definition) is 4. The average Bonchev–Trinajstić information content (AvgIpc) is 2.76. The van der Waals surface area contributed by atoms with E-state index in [1.165, 1.54) is 0 Å². The van der Waals surface area contributed by atoms with E-state index in [2.05, 4.69) is 37.0 Å². The van der Waals surface area contributed by atoms with Crippen LogP contribution >= 0.6 is 31.9 Å². The molecule has 0 amide bonds. The summed E-state index contributed by atoms with van der Waals surface area (Å²) in [5.41, 5.74) is 0.728. The fourth-order valence-corrected chi connectivity index (χ4v) is 2.56. The first kappa shape index (κ1) is 13.6. The van der Waals surface area contributed by atoms with Crippen molar-refractivity contribution in [2.75, 3.05) is 6.61 Å². The molecular weight excluding hydrogens is 366 g/mol. The van der Waals surface area contributed by atoms with Gasteiger partial charge in [0.1, 0.15) is 12.4 Å². The van der Waals surface area contributed by atoms with E-state index in [0.717, 1.165) is 20.4 Å². The summed E-state index contributed by atoms with van der Waals surface area (Å²) in [6.07, 6.45) is 0.492. The zero-order valence-electron chi connectivity index (χ0n) is 9.40. The van der Waals surface area contributed by atoms with Gasteiger partial charge in [0.15, 0.2) is 5.76 Å². The molecule has 0 saturated heterocycles. The molecule has 0 saturated carbocycles. The molecule has 1 heterocycles. The van der Waals surface area contributed by atoms with Crippen LogP contribution in [0.1, 0.15) is 11.5 Å². The summed E-state index contributed by atoms with van der Waals surface area (Å²) in [6.45, 7) is 0.365. The van der Waals surface area contributed by atoms with Crippen LogP contribution in [0, 0.1) is 0 Å². The normalized spacial score (nSPS) is 10.6. The first-order valence-corrected chi connectivity index (χ1v) is 6.91. The number of benzene rings is 1. The van der Waals surface area contributed by atoms with Crippen LogP contribution < -0.4 is 4.74 Å². The van der Waals surface area contributed by atoms with Crippen molar-refractivity contribution in [3.05, 3.63) is 44.7 Å². The van der Waals surface area contributed by atoms with E-state index in [1.54, 1.807) is 6.07 Å². The topological polar surface area (TPSA) is 55.5 Å². The molecule has 0 radical (unpaired) electrons. The molecule has 0 fully saturated rings. The van der Waals surface area contributed by atoms with Crippen molar-refractivity contribution in [3.8, 4) is 5.75 Å². The number of rotatable bonds is 5. The van der Waals surface area contributed by atoms with E-state index in [1.807, 2.05) is 18.2 Å². The Hall–Kier alpha value is -0.850. The lowest BCUT2D eigenvalue weighted by Crippen LogP contribution is -1.94. The van der Waals surface area contributed by atoms with Crippen molar-refractivity contribution in [3.63, 3.8) is 0 Å². The van der Waals surface area contributed by atoms with Crippen LogP contribution in [-0.4, -0.2) is 16.9 Å². The van der Waals surface area contributed by atoms with Crippen molar-refractivity contribution in [1.82, 2.24) is 5.16 Å². The molecule has 96 valence electrons. The van der Waals surface area contributed by atoms with Gasteiger partial charge in [-0.2, -0.15) is 0 Å². The van der Waals surface area contributed by atoms with E-state index < -0.39 is 0 Å². The van der Waals surface area contributed by atoms with Gasteiger partial charge in [-0.1, -0.05) is 21.1 Å². The second-order valence-electron chi connectivity index (χ2n) is 3.62. The minimum Gasteiger partial charge on any atom is -0.484 e. The van der Waals surface area contributed by atoms with Crippen LogP contribution in [0.5, 0.6) is 5.75 Å². The Bertz CT molecular complexity index is 528. The molecule has 0 bridgehead atoms. The largest absolute Gasteiger partial charge is 0.484 e. The van der Waals surface area contributed by atoms with Gasteiger partial charge in [0.05, 0.1) is 10.2 Å². The smallest absolute Gasteiger partial charge is 0.174 e. The number of aliphatic hydroxyl groups is 1. The third-order valence-corrected chi connectivity index (χ3v) is 3.35. The Kier molecular flexibility index (Phi) is 4.79. The molecule has 0 atom stereocenters. The molecule has 0 unspecified atom stereocenters. The molecule has 2 aromatic rings. The Morgan fingerprint density at radius 1 is 1.28 bits per heavy atom. The van der Waals surface area contributed by atoms with Crippen LogP contribution in [0.3, 0.4) is 0 Å². The molecule has 1 aromatic heterocycles. The molecule has 18 heavy (non-hydrogen) atoms. The highest BCUT2D eigenvalue weighted by Crippen LogP contribution is 2.28. The van der Waals surface area contributed by atoms with Crippen molar-refractivity contribution in [2.45, 2.75) is 13.0 Å². The van der Waals surface area contributed by atoms with E-state index in [4.69, 9.17) is 14.4 Å². The lowest BCUT2D eigenvalue weighted by atomic mass is 10.3. The van der Waals surface area contributed by atoms with Crippen molar-refractivity contribution < 1.29 is 14.4 Å². The molecule has 6 heteroatoms. The zero-order valence-corrected chi connectivity index (χ0v) is 12.6. The maximum absolute atomic E-state index is 8.78. The number of aliphatic hydroxyl groups excluding tert-OH is 1. The number of hydrogen-bond donors (Lipinski definition) is 1. The van der Waals surface area contributed by atoms with Gasteiger partial charge in [-0.15, -0.1) is 0 Å². The van der Waals surface area contributed by atoms with E-state index in [9.17, 15) is 0 Å². The lowest BCUT2D eigenvalue weighted by molar-refractivity contribution is 0.246. The second kappa shape index (κ2) is 6.36. The minimum absolute atomic E-state index is 0.0606. The van der Waals surface area contributed by atoms with E-state index in [0.29, 0.717) is 18.8 Å². The number of halogens is 2. The highest BCUT2D eigenvalue weighted by atomic mass is 79.9. The Labute approximate surface area is 121 Å². The van der Waals surface area contributed by atoms with Crippen molar-refractivity contribution in [1.29, 1.82) is 0 Å². The lowest BCUT2D eigenvalue weighted by Gasteiger charge is -2.06. The van der Waals surface area contributed by atoms with Crippen LogP contribution in [0.2, 0.25) is 0 Å². The van der Waals surface area contributed by atoms with E-state index in [-0.39, 0.29) is 6.61 Å². The fourth-order valence-electron chi connectivity index (χ4n) is 1.40. The summed E-state index contributed by atoms with van der Waals surface area (Å²) in [5, 5.41) is 12.6. The van der Waals surface area contributed by atoms with Gasteiger partial charge in [0, 0.05) is 23.6 Å². The first-order valence-electron chi connectivity index (χ1n) is 5.32. The molecule has 1 N–H and O–H groups in total. The quantitative estimate of drug-likeness (QED) is 0.869. The van der Waals surface area contributed by atoms with Crippen LogP contribution in [-0.2, 0) is 13.0 Å². The predicted molar refractivity (Wildman–Crippen MR) is 73.5 cm³/mol. The number of aromatic nitrogens is 1. The van der Waals surface area contributed by atoms with Gasteiger partial charge in [-0.25, -0.2) is 0 Å². The summed E-state index contributed by atoms with van der Waals surface area (Å²) in [7, 11) is 0. The summed E-state index contributed by atoms with van der Waals surface area (Å²) >= 11 is 6.79. The maximum Gasteiger partial charge on any atom is 0.174 e. The first-order chi connectivity index (χ1) is 8.69. The molecule has 4 nitrogen and oxygen atoms in total. The predicted octanol–water partition coefficient (Wildman–Crippen LogP) is 3.31. The van der Waals surface area contributed by atoms with Crippen LogP contribution in [0.4, 0.5) is 0 Å². The number of ether oxygens (including phenoxy) is 1. The fraction of sp³-hybridized carbons (Fsp3) is 0.250. The van der Waals surface area contributed by atoms with E-state index >= 15 is 0 Å². The van der Waals surface area contributed by atoms with Gasteiger partial charge in [0.25, 0.3) is 0 Å². The summed E-state index contributed by atoms with van der Waals surface area (Å²) in [6, 6.07) is 7.45. The summed E-state index contributed by atoms with van der Waals surface area (Å²) in [4.78, 5) is 0. The Balaban J connectivity index is 1.97. The standard InChI is InChI=1S/C12H11Br2NO3/c13-8-1-2-12(11(14)5-8)17-7-10-6-9(3-4-16)15-18-10/h1-2,5-6,16H,3-4,7H2. The van der Waals surface area contributed by atoms with Crippen molar-refractivity contribution in [2.24, 2.45) is 0 Å². The highest BCUT2D eigenvalue weighted by molar-refractivity contribution is 9.11. The van der Waals surface area contributed by atoms with Crippen LogP contribution in [0.15, 0.2) is 37.7 Å². The maximum atomic E-state index is 8.78. The highest BCUT2D eigenvalue weighted by Gasteiger charge is 2.06. The zero-order chi connectivity index (χ0) is 13.0. The van der Waals surface area contributed by atoms with Gasteiger partial charge in [-0.05, 0) is 34.1 Å². The average molecular weight is 377 g/mol. The molecule has 0 spiro atoms. The third kappa shape index (κ3) is 3.57. The SMILES string of the molecule is OCCc1cc(COc2ccc(Br)cc2Br)on1.